The van der Waals surface area contributed by atoms with Gasteiger partial charge in [0, 0.05) is 18.9 Å². The van der Waals surface area contributed by atoms with Crippen molar-refractivity contribution in [3.63, 3.8) is 0 Å². The van der Waals surface area contributed by atoms with E-state index < -0.39 is 0 Å². The number of pyridine rings is 1. The molecule has 98 valence electrons. The van der Waals surface area contributed by atoms with Crippen molar-refractivity contribution >= 4 is 11.6 Å². The number of amides is 1. The first-order valence-electron chi connectivity index (χ1n) is 6.39. The summed E-state index contributed by atoms with van der Waals surface area (Å²) in [5.74, 6) is 5.26. The van der Waals surface area contributed by atoms with Crippen LogP contribution in [-0.4, -0.2) is 17.4 Å². The molecule has 1 amide bonds. The number of aromatic nitrogens is 1. The maximum Gasteiger partial charge on any atom is 0.255 e. The van der Waals surface area contributed by atoms with Gasteiger partial charge in [0.1, 0.15) is 0 Å². The minimum atomic E-state index is -0.115. The number of nitrogen functional groups attached to an aromatic ring is 1. The Morgan fingerprint density at radius 2 is 2.33 bits per heavy atom. The predicted molar refractivity (Wildman–Crippen MR) is 71.0 cm³/mol. The molecule has 0 unspecified atom stereocenters. The van der Waals surface area contributed by atoms with Gasteiger partial charge in [-0.3, -0.25) is 15.6 Å². The van der Waals surface area contributed by atoms with Crippen molar-refractivity contribution in [1.82, 2.24) is 10.3 Å². The number of hydrogen-bond donors (Lipinski definition) is 3. The van der Waals surface area contributed by atoms with Gasteiger partial charge in [-0.25, -0.2) is 0 Å². The predicted octanol–water partition coefficient (Wildman–Crippen LogP) is 1.68. The Balaban J connectivity index is 1.99. The highest BCUT2D eigenvalue weighted by Crippen LogP contribution is 2.43. The number of anilines is 1. The normalized spacial score (nSPS) is 16.8. The number of hydrazine groups is 1. The summed E-state index contributed by atoms with van der Waals surface area (Å²) in [5, 5.41) is 2.99. The maximum absolute atomic E-state index is 12.1. The molecule has 0 radical (unpaired) electrons. The molecule has 2 rings (SSSR count). The first-order valence-corrected chi connectivity index (χ1v) is 6.39. The number of nitrogens with two attached hydrogens (primary N) is 1. The molecule has 1 aromatic heterocycles. The lowest BCUT2D eigenvalue weighted by atomic mass is 9.67. The van der Waals surface area contributed by atoms with Crippen LogP contribution in [0.1, 0.15) is 43.0 Å². The SMILES string of the molecule is CCC1(CNC(=O)c2cnccc2NN)CCC1. The van der Waals surface area contributed by atoms with Crippen LogP contribution < -0.4 is 16.6 Å². The zero-order valence-electron chi connectivity index (χ0n) is 10.7. The van der Waals surface area contributed by atoms with Crippen LogP contribution in [0.25, 0.3) is 0 Å². The van der Waals surface area contributed by atoms with E-state index in [4.69, 9.17) is 5.84 Å². The smallest absolute Gasteiger partial charge is 0.255 e. The van der Waals surface area contributed by atoms with Crippen molar-refractivity contribution in [3.8, 4) is 0 Å². The fraction of sp³-hybridized carbons (Fsp3) is 0.538. The monoisotopic (exact) mass is 248 g/mol. The quantitative estimate of drug-likeness (QED) is 0.547. The van der Waals surface area contributed by atoms with Gasteiger partial charge < -0.3 is 10.7 Å². The van der Waals surface area contributed by atoms with Crippen LogP contribution in [0, 0.1) is 5.41 Å². The van der Waals surface area contributed by atoms with Crippen LogP contribution in [0.3, 0.4) is 0 Å². The molecule has 1 fully saturated rings. The van der Waals surface area contributed by atoms with Crippen molar-refractivity contribution in [1.29, 1.82) is 0 Å². The molecule has 0 saturated heterocycles. The molecule has 0 spiro atoms. The fourth-order valence-corrected chi connectivity index (χ4v) is 2.40. The molecule has 1 aliphatic carbocycles. The summed E-state index contributed by atoms with van der Waals surface area (Å²) in [6, 6.07) is 1.69. The minimum Gasteiger partial charge on any atom is -0.351 e. The molecule has 1 saturated carbocycles. The molecular weight excluding hydrogens is 228 g/mol. The van der Waals surface area contributed by atoms with Crippen LogP contribution >= 0.6 is 0 Å². The lowest BCUT2D eigenvalue weighted by molar-refractivity contribution is 0.0850. The molecule has 1 aromatic rings. The summed E-state index contributed by atoms with van der Waals surface area (Å²) in [7, 11) is 0. The molecule has 4 N–H and O–H groups in total. The van der Waals surface area contributed by atoms with Gasteiger partial charge in [-0.1, -0.05) is 13.3 Å². The summed E-state index contributed by atoms with van der Waals surface area (Å²) in [5.41, 5.74) is 3.92. The molecule has 1 heterocycles. The first kappa shape index (κ1) is 12.8. The molecule has 0 aromatic carbocycles. The maximum atomic E-state index is 12.1. The van der Waals surface area contributed by atoms with Crippen molar-refractivity contribution in [3.05, 3.63) is 24.0 Å². The molecule has 18 heavy (non-hydrogen) atoms. The lowest BCUT2D eigenvalue weighted by Gasteiger charge is -2.41. The standard InChI is InChI=1S/C13H20N4O/c1-2-13(5-3-6-13)9-16-12(18)10-8-15-7-4-11(10)17-14/h4,7-8H,2-3,5-6,9,14H2,1H3,(H,15,17)(H,16,18). The Kier molecular flexibility index (Phi) is 3.81. The van der Waals surface area contributed by atoms with Crippen molar-refractivity contribution < 1.29 is 4.79 Å². The van der Waals surface area contributed by atoms with Crippen LogP contribution in [0.4, 0.5) is 5.69 Å². The number of nitrogens with zero attached hydrogens (tertiary/aromatic N) is 1. The van der Waals surface area contributed by atoms with Gasteiger partial charge in [0.15, 0.2) is 0 Å². The highest BCUT2D eigenvalue weighted by atomic mass is 16.1. The number of nitrogens with one attached hydrogen (secondary N) is 2. The second-order valence-electron chi connectivity index (χ2n) is 4.96. The van der Waals surface area contributed by atoms with E-state index in [0.29, 0.717) is 16.7 Å². The molecule has 0 aliphatic heterocycles. The second-order valence-corrected chi connectivity index (χ2v) is 4.96. The van der Waals surface area contributed by atoms with E-state index in [9.17, 15) is 4.79 Å². The number of hydrogen-bond acceptors (Lipinski definition) is 4. The third-order valence-corrected chi connectivity index (χ3v) is 4.01. The van der Waals surface area contributed by atoms with Crippen molar-refractivity contribution in [2.24, 2.45) is 11.3 Å². The van der Waals surface area contributed by atoms with Gasteiger partial charge in [-0.15, -0.1) is 0 Å². The molecule has 5 heteroatoms. The summed E-state index contributed by atoms with van der Waals surface area (Å²) in [6.07, 6.45) is 7.93. The number of carbonyl (C=O) groups is 1. The van der Waals surface area contributed by atoms with Crippen LogP contribution in [0.5, 0.6) is 0 Å². The Hall–Kier alpha value is -1.62. The summed E-state index contributed by atoms with van der Waals surface area (Å²) < 4.78 is 0. The summed E-state index contributed by atoms with van der Waals surface area (Å²) in [4.78, 5) is 16.0. The Labute approximate surface area is 107 Å². The molecule has 0 bridgehead atoms. The number of carbonyl (C=O) groups excluding carboxylic acids is 1. The lowest BCUT2D eigenvalue weighted by Crippen LogP contribution is -2.41. The Morgan fingerprint density at radius 1 is 1.56 bits per heavy atom. The van der Waals surface area contributed by atoms with E-state index in [-0.39, 0.29) is 5.91 Å². The fourth-order valence-electron chi connectivity index (χ4n) is 2.40. The van der Waals surface area contributed by atoms with Crippen LogP contribution in [0.2, 0.25) is 0 Å². The Bertz CT molecular complexity index is 423. The molecule has 1 aliphatic rings. The topological polar surface area (TPSA) is 80.0 Å². The zero-order chi connectivity index (χ0) is 13.0. The van der Waals surface area contributed by atoms with Gasteiger partial charge in [0.25, 0.3) is 5.91 Å². The van der Waals surface area contributed by atoms with Gasteiger partial charge in [-0.05, 0) is 30.7 Å². The van der Waals surface area contributed by atoms with Gasteiger partial charge in [-0.2, -0.15) is 0 Å². The third-order valence-electron chi connectivity index (χ3n) is 4.01. The molecule has 0 atom stereocenters. The van der Waals surface area contributed by atoms with Crippen LogP contribution in [-0.2, 0) is 0 Å². The zero-order valence-corrected chi connectivity index (χ0v) is 10.7. The van der Waals surface area contributed by atoms with E-state index in [1.54, 1.807) is 12.3 Å². The van der Waals surface area contributed by atoms with Gasteiger partial charge >= 0.3 is 0 Å². The highest BCUT2D eigenvalue weighted by Gasteiger charge is 2.35. The number of rotatable bonds is 5. The van der Waals surface area contributed by atoms with E-state index >= 15 is 0 Å². The van der Waals surface area contributed by atoms with E-state index in [2.05, 4.69) is 22.7 Å². The summed E-state index contributed by atoms with van der Waals surface area (Å²) in [6.45, 7) is 2.92. The third kappa shape index (κ3) is 2.46. The average molecular weight is 248 g/mol. The second kappa shape index (κ2) is 5.35. The highest BCUT2D eigenvalue weighted by molar-refractivity contribution is 5.99. The van der Waals surface area contributed by atoms with E-state index in [0.717, 1.165) is 13.0 Å². The van der Waals surface area contributed by atoms with Crippen molar-refractivity contribution in [2.75, 3.05) is 12.0 Å². The van der Waals surface area contributed by atoms with E-state index in [1.807, 2.05) is 0 Å². The van der Waals surface area contributed by atoms with Crippen molar-refractivity contribution in [2.45, 2.75) is 32.6 Å². The molecule has 5 nitrogen and oxygen atoms in total. The van der Waals surface area contributed by atoms with Gasteiger partial charge in [0.05, 0.1) is 11.3 Å². The Morgan fingerprint density at radius 3 is 2.89 bits per heavy atom. The molecular formula is C13H20N4O. The first-order chi connectivity index (χ1) is 8.71. The van der Waals surface area contributed by atoms with Crippen LogP contribution in [0.15, 0.2) is 18.5 Å². The average Bonchev–Trinajstić information content (AvgIpc) is 2.37. The van der Waals surface area contributed by atoms with E-state index in [1.165, 1.54) is 25.5 Å². The largest absolute Gasteiger partial charge is 0.351 e. The van der Waals surface area contributed by atoms with Gasteiger partial charge in [0.2, 0.25) is 0 Å². The summed E-state index contributed by atoms with van der Waals surface area (Å²) >= 11 is 0. The minimum absolute atomic E-state index is 0.115.